The molecule has 0 aromatic heterocycles. The minimum atomic E-state index is -0.172. The maximum absolute atomic E-state index is 12.6. The zero-order valence-electron chi connectivity index (χ0n) is 8.89. The molecule has 0 aliphatic rings. The highest BCUT2D eigenvalue weighted by atomic mass is 19.1. The predicted octanol–water partition coefficient (Wildman–Crippen LogP) is 3.28. The smallest absolute Gasteiger partial charge is 0.123 e. The molecular weight excluding hydrogens is 177 g/mol. The van der Waals surface area contributed by atoms with Crippen molar-refractivity contribution in [3.05, 3.63) is 35.6 Å². The lowest BCUT2D eigenvalue weighted by atomic mass is 10.1. The molecule has 1 N–H and O–H groups in total. The highest BCUT2D eigenvalue weighted by molar-refractivity contribution is 5.19. The third-order valence-corrected chi connectivity index (χ3v) is 2.35. The van der Waals surface area contributed by atoms with E-state index < -0.39 is 0 Å². The first kappa shape index (κ1) is 11.2. The molecule has 1 nitrogen and oxygen atoms in total. The van der Waals surface area contributed by atoms with Gasteiger partial charge in [-0.15, -0.1) is 0 Å². The van der Waals surface area contributed by atoms with E-state index in [0.29, 0.717) is 6.04 Å². The maximum Gasteiger partial charge on any atom is 0.123 e. The van der Waals surface area contributed by atoms with Crippen LogP contribution in [0.15, 0.2) is 24.3 Å². The van der Waals surface area contributed by atoms with Gasteiger partial charge in [0.25, 0.3) is 0 Å². The van der Waals surface area contributed by atoms with E-state index in [1.165, 1.54) is 25.0 Å². The summed E-state index contributed by atoms with van der Waals surface area (Å²) >= 11 is 0. The van der Waals surface area contributed by atoms with E-state index in [-0.39, 0.29) is 5.82 Å². The van der Waals surface area contributed by atoms with Gasteiger partial charge < -0.3 is 5.32 Å². The van der Waals surface area contributed by atoms with E-state index in [1.54, 1.807) is 0 Å². The fourth-order valence-corrected chi connectivity index (χ4v) is 1.36. The summed E-state index contributed by atoms with van der Waals surface area (Å²) in [5.41, 5.74) is 1.14. The van der Waals surface area contributed by atoms with Crippen molar-refractivity contribution in [2.45, 2.75) is 32.7 Å². The number of rotatable bonds is 5. The van der Waals surface area contributed by atoms with Crippen molar-refractivity contribution < 1.29 is 4.39 Å². The van der Waals surface area contributed by atoms with Crippen molar-refractivity contribution in [1.29, 1.82) is 0 Å². The van der Waals surface area contributed by atoms with Crippen molar-refractivity contribution in [2.24, 2.45) is 0 Å². The van der Waals surface area contributed by atoms with Gasteiger partial charge in [-0.25, -0.2) is 4.39 Å². The van der Waals surface area contributed by atoms with Crippen molar-refractivity contribution in [2.75, 3.05) is 6.54 Å². The minimum Gasteiger partial charge on any atom is -0.310 e. The molecule has 0 aliphatic heterocycles. The molecule has 14 heavy (non-hydrogen) atoms. The molecule has 0 heterocycles. The molecule has 1 unspecified atom stereocenters. The number of benzene rings is 1. The Kier molecular flexibility index (Phi) is 4.60. The summed E-state index contributed by atoms with van der Waals surface area (Å²) in [7, 11) is 0. The van der Waals surface area contributed by atoms with Crippen LogP contribution in [0.4, 0.5) is 4.39 Å². The van der Waals surface area contributed by atoms with Gasteiger partial charge in [0.05, 0.1) is 0 Å². The predicted molar refractivity (Wildman–Crippen MR) is 57.7 cm³/mol. The van der Waals surface area contributed by atoms with Gasteiger partial charge in [-0.3, -0.25) is 0 Å². The second kappa shape index (κ2) is 5.76. The van der Waals surface area contributed by atoms with Gasteiger partial charge in [0.2, 0.25) is 0 Å². The van der Waals surface area contributed by atoms with E-state index >= 15 is 0 Å². The summed E-state index contributed by atoms with van der Waals surface area (Å²) in [5, 5.41) is 3.40. The fourth-order valence-electron chi connectivity index (χ4n) is 1.36. The molecule has 0 bridgehead atoms. The quantitative estimate of drug-likeness (QED) is 0.711. The zero-order valence-corrected chi connectivity index (χ0v) is 8.89. The van der Waals surface area contributed by atoms with Crippen LogP contribution in [0.1, 0.15) is 38.3 Å². The molecule has 2 heteroatoms. The first-order chi connectivity index (χ1) is 6.74. The Morgan fingerprint density at radius 1 is 1.29 bits per heavy atom. The maximum atomic E-state index is 12.6. The van der Waals surface area contributed by atoms with Crippen molar-refractivity contribution in [1.82, 2.24) is 5.32 Å². The first-order valence-corrected chi connectivity index (χ1v) is 5.23. The Hall–Kier alpha value is -0.890. The Morgan fingerprint density at radius 2 is 1.93 bits per heavy atom. The van der Waals surface area contributed by atoms with Crippen LogP contribution >= 0.6 is 0 Å². The lowest BCUT2D eigenvalue weighted by Crippen LogP contribution is -2.19. The van der Waals surface area contributed by atoms with Crippen molar-refractivity contribution in [3.8, 4) is 0 Å². The van der Waals surface area contributed by atoms with E-state index in [9.17, 15) is 4.39 Å². The number of nitrogens with one attached hydrogen (secondary N) is 1. The third-order valence-electron chi connectivity index (χ3n) is 2.35. The number of halogens is 1. The SMILES string of the molecule is CCCCNC(C)c1ccc(F)cc1. The van der Waals surface area contributed by atoms with Crippen LogP contribution in [0.2, 0.25) is 0 Å². The Labute approximate surface area is 85.3 Å². The molecule has 0 fully saturated rings. The molecule has 0 aliphatic carbocycles. The van der Waals surface area contributed by atoms with Crippen LogP contribution in [0.3, 0.4) is 0 Å². The zero-order chi connectivity index (χ0) is 10.4. The average Bonchev–Trinajstić information content (AvgIpc) is 2.19. The molecule has 0 saturated heterocycles. The van der Waals surface area contributed by atoms with Crippen molar-refractivity contribution >= 4 is 0 Å². The molecule has 0 spiro atoms. The van der Waals surface area contributed by atoms with Gasteiger partial charge in [0.15, 0.2) is 0 Å². The molecular formula is C12H18FN. The van der Waals surface area contributed by atoms with Gasteiger partial charge in [-0.1, -0.05) is 25.5 Å². The molecule has 1 aromatic rings. The standard InChI is InChI=1S/C12H18FN/c1-3-4-9-14-10(2)11-5-7-12(13)8-6-11/h5-8,10,14H,3-4,9H2,1-2H3. The third kappa shape index (κ3) is 3.46. The number of hydrogen-bond donors (Lipinski definition) is 1. The second-order valence-electron chi connectivity index (χ2n) is 3.58. The van der Waals surface area contributed by atoms with Gasteiger partial charge in [0, 0.05) is 6.04 Å². The first-order valence-electron chi connectivity index (χ1n) is 5.23. The van der Waals surface area contributed by atoms with Crippen LogP contribution in [-0.2, 0) is 0 Å². The van der Waals surface area contributed by atoms with Crippen LogP contribution in [-0.4, -0.2) is 6.54 Å². The van der Waals surface area contributed by atoms with Crippen molar-refractivity contribution in [3.63, 3.8) is 0 Å². The van der Waals surface area contributed by atoms with E-state index in [2.05, 4.69) is 19.2 Å². The second-order valence-corrected chi connectivity index (χ2v) is 3.58. The van der Waals surface area contributed by atoms with Gasteiger partial charge in [-0.2, -0.15) is 0 Å². The van der Waals surface area contributed by atoms with Crippen LogP contribution in [0, 0.1) is 5.82 Å². The number of unbranched alkanes of at least 4 members (excludes halogenated alkanes) is 1. The fraction of sp³-hybridized carbons (Fsp3) is 0.500. The van der Waals surface area contributed by atoms with Gasteiger partial charge in [0.1, 0.15) is 5.82 Å². The summed E-state index contributed by atoms with van der Waals surface area (Å²) in [6.07, 6.45) is 2.38. The van der Waals surface area contributed by atoms with Gasteiger partial charge >= 0.3 is 0 Å². The molecule has 0 amide bonds. The Balaban J connectivity index is 2.43. The largest absolute Gasteiger partial charge is 0.310 e. The molecule has 0 radical (unpaired) electrons. The number of hydrogen-bond acceptors (Lipinski definition) is 1. The Morgan fingerprint density at radius 3 is 2.50 bits per heavy atom. The summed E-state index contributed by atoms with van der Waals surface area (Å²) in [6.45, 7) is 5.29. The van der Waals surface area contributed by atoms with E-state index in [1.807, 2.05) is 12.1 Å². The summed E-state index contributed by atoms with van der Waals surface area (Å²) in [4.78, 5) is 0. The topological polar surface area (TPSA) is 12.0 Å². The van der Waals surface area contributed by atoms with E-state index in [0.717, 1.165) is 12.1 Å². The lowest BCUT2D eigenvalue weighted by Gasteiger charge is -2.13. The minimum absolute atomic E-state index is 0.172. The summed E-state index contributed by atoms with van der Waals surface area (Å²) in [6, 6.07) is 6.99. The summed E-state index contributed by atoms with van der Waals surface area (Å²) in [5.74, 6) is -0.172. The monoisotopic (exact) mass is 195 g/mol. The highest BCUT2D eigenvalue weighted by Crippen LogP contribution is 2.12. The molecule has 1 atom stereocenters. The van der Waals surface area contributed by atoms with Crippen LogP contribution < -0.4 is 5.32 Å². The lowest BCUT2D eigenvalue weighted by molar-refractivity contribution is 0.552. The Bertz CT molecular complexity index is 256. The molecule has 1 aromatic carbocycles. The normalized spacial score (nSPS) is 12.8. The van der Waals surface area contributed by atoms with E-state index in [4.69, 9.17) is 0 Å². The average molecular weight is 195 g/mol. The van der Waals surface area contributed by atoms with Crippen LogP contribution in [0.25, 0.3) is 0 Å². The molecule has 78 valence electrons. The van der Waals surface area contributed by atoms with Gasteiger partial charge in [-0.05, 0) is 37.6 Å². The highest BCUT2D eigenvalue weighted by Gasteiger charge is 2.03. The molecule has 1 rings (SSSR count). The summed E-state index contributed by atoms with van der Waals surface area (Å²) < 4.78 is 12.6. The van der Waals surface area contributed by atoms with Crippen LogP contribution in [0.5, 0.6) is 0 Å². The molecule has 0 saturated carbocycles.